The Hall–Kier alpha value is -1.68. The largest absolute Gasteiger partial charge is 0.324 e. The third kappa shape index (κ3) is 1.97. The van der Waals surface area contributed by atoms with Gasteiger partial charge in [-0.1, -0.05) is 37.3 Å². The summed E-state index contributed by atoms with van der Waals surface area (Å²) in [6.07, 6.45) is 1.05. The molecule has 1 aromatic carbocycles. The number of hydrogen-bond donors (Lipinski definition) is 1. The third-order valence-electron chi connectivity index (χ3n) is 2.49. The molecule has 0 radical (unpaired) electrons. The molecule has 0 saturated carbocycles. The zero-order valence-electron chi connectivity index (χ0n) is 9.43. The van der Waals surface area contributed by atoms with Crippen LogP contribution in [0.25, 0.3) is 11.4 Å². The van der Waals surface area contributed by atoms with Gasteiger partial charge in [-0.25, -0.2) is 0 Å². The average Bonchev–Trinajstić information content (AvgIpc) is 2.74. The molecule has 2 aromatic rings. The molecule has 0 amide bonds. The summed E-state index contributed by atoms with van der Waals surface area (Å²) in [5.41, 5.74) is 6.74. The van der Waals surface area contributed by atoms with Crippen LogP contribution in [0.1, 0.15) is 19.2 Å². The predicted octanol–water partition coefficient (Wildman–Crippen LogP) is 1.81. The van der Waals surface area contributed by atoms with Crippen molar-refractivity contribution in [3.05, 3.63) is 36.2 Å². The summed E-state index contributed by atoms with van der Waals surface area (Å²) in [4.78, 5) is 0. The number of rotatable bonds is 4. The lowest BCUT2D eigenvalue weighted by Gasteiger charge is -2.07. The summed E-state index contributed by atoms with van der Waals surface area (Å²) in [5.74, 6) is 1.75. The maximum absolute atomic E-state index is 5.65. The van der Waals surface area contributed by atoms with Crippen molar-refractivity contribution in [2.45, 2.75) is 26.4 Å². The van der Waals surface area contributed by atoms with Crippen LogP contribution < -0.4 is 5.73 Å². The van der Waals surface area contributed by atoms with Crippen LogP contribution in [-0.2, 0) is 13.1 Å². The molecule has 0 saturated heterocycles. The van der Waals surface area contributed by atoms with Gasteiger partial charge in [-0.2, -0.15) is 0 Å². The summed E-state index contributed by atoms with van der Waals surface area (Å²) < 4.78 is 2.09. The zero-order valence-corrected chi connectivity index (χ0v) is 9.43. The molecule has 0 aliphatic carbocycles. The van der Waals surface area contributed by atoms with E-state index in [1.165, 1.54) is 0 Å². The van der Waals surface area contributed by atoms with Gasteiger partial charge in [0, 0.05) is 12.1 Å². The Morgan fingerprint density at radius 3 is 2.56 bits per heavy atom. The minimum atomic E-state index is 0.430. The van der Waals surface area contributed by atoms with E-state index in [0.29, 0.717) is 6.54 Å². The molecule has 2 N–H and O–H groups in total. The van der Waals surface area contributed by atoms with Crippen LogP contribution in [0.5, 0.6) is 0 Å². The number of nitrogens with two attached hydrogens (primary N) is 1. The molecule has 4 nitrogen and oxygen atoms in total. The van der Waals surface area contributed by atoms with Crippen molar-refractivity contribution in [2.24, 2.45) is 5.73 Å². The molecule has 1 heterocycles. The summed E-state index contributed by atoms with van der Waals surface area (Å²) >= 11 is 0. The van der Waals surface area contributed by atoms with Crippen LogP contribution in [0, 0.1) is 0 Å². The first kappa shape index (κ1) is 10.8. The highest BCUT2D eigenvalue weighted by molar-refractivity contribution is 5.54. The number of nitrogens with zero attached hydrogens (tertiary/aromatic N) is 3. The molecule has 84 valence electrons. The van der Waals surface area contributed by atoms with Gasteiger partial charge >= 0.3 is 0 Å². The van der Waals surface area contributed by atoms with Crippen LogP contribution in [0.4, 0.5) is 0 Å². The van der Waals surface area contributed by atoms with Gasteiger partial charge in [0.2, 0.25) is 0 Å². The van der Waals surface area contributed by atoms with Crippen LogP contribution in [0.3, 0.4) is 0 Å². The molecular formula is C12H16N4. The van der Waals surface area contributed by atoms with E-state index in [1.54, 1.807) is 0 Å². The van der Waals surface area contributed by atoms with Gasteiger partial charge < -0.3 is 10.3 Å². The van der Waals surface area contributed by atoms with E-state index < -0.39 is 0 Å². The maximum Gasteiger partial charge on any atom is 0.163 e. The fraction of sp³-hybridized carbons (Fsp3) is 0.333. The third-order valence-corrected chi connectivity index (χ3v) is 2.49. The lowest BCUT2D eigenvalue weighted by atomic mass is 10.2. The number of benzene rings is 1. The molecule has 0 aliphatic heterocycles. The quantitative estimate of drug-likeness (QED) is 0.848. The highest BCUT2D eigenvalue weighted by Crippen LogP contribution is 2.18. The molecule has 0 unspecified atom stereocenters. The summed E-state index contributed by atoms with van der Waals surface area (Å²) in [6.45, 7) is 3.47. The second kappa shape index (κ2) is 4.90. The topological polar surface area (TPSA) is 56.7 Å². The van der Waals surface area contributed by atoms with Gasteiger partial charge in [0.05, 0.1) is 6.54 Å². The van der Waals surface area contributed by atoms with E-state index >= 15 is 0 Å². The molecule has 2 rings (SSSR count). The Kier molecular flexibility index (Phi) is 3.31. The smallest absolute Gasteiger partial charge is 0.163 e. The van der Waals surface area contributed by atoms with Gasteiger partial charge in [-0.05, 0) is 6.42 Å². The van der Waals surface area contributed by atoms with E-state index in [1.807, 2.05) is 30.3 Å². The Morgan fingerprint density at radius 1 is 1.19 bits per heavy atom. The van der Waals surface area contributed by atoms with Crippen LogP contribution >= 0.6 is 0 Å². The molecule has 0 spiro atoms. The van der Waals surface area contributed by atoms with Gasteiger partial charge in [0.1, 0.15) is 5.82 Å². The molecule has 16 heavy (non-hydrogen) atoms. The highest BCUT2D eigenvalue weighted by Gasteiger charge is 2.11. The van der Waals surface area contributed by atoms with Crippen molar-refractivity contribution in [1.29, 1.82) is 0 Å². The average molecular weight is 216 g/mol. The van der Waals surface area contributed by atoms with Crippen molar-refractivity contribution in [1.82, 2.24) is 14.8 Å². The Morgan fingerprint density at radius 2 is 1.94 bits per heavy atom. The minimum absolute atomic E-state index is 0.430. The van der Waals surface area contributed by atoms with Crippen molar-refractivity contribution in [2.75, 3.05) is 0 Å². The van der Waals surface area contributed by atoms with E-state index in [2.05, 4.69) is 21.7 Å². The fourth-order valence-electron chi connectivity index (χ4n) is 1.75. The van der Waals surface area contributed by atoms with Gasteiger partial charge in [0.15, 0.2) is 5.82 Å². The van der Waals surface area contributed by atoms with Crippen molar-refractivity contribution in [3.8, 4) is 11.4 Å². The second-order valence-electron chi connectivity index (χ2n) is 3.66. The van der Waals surface area contributed by atoms with Gasteiger partial charge in [0.25, 0.3) is 0 Å². The van der Waals surface area contributed by atoms with E-state index in [9.17, 15) is 0 Å². The standard InChI is InChI=1S/C12H16N4/c1-2-8-16-11(9-13)14-15-12(16)10-6-4-3-5-7-10/h3-7H,2,8-9,13H2,1H3. The number of hydrogen-bond acceptors (Lipinski definition) is 3. The second-order valence-corrected chi connectivity index (χ2v) is 3.66. The first-order valence-electron chi connectivity index (χ1n) is 5.54. The molecule has 0 aliphatic rings. The molecule has 1 aromatic heterocycles. The minimum Gasteiger partial charge on any atom is -0.324 e. The normalized spacial score (nSPS) is 10.6. The Balaban J connectivity index is 2.44. The highest BCUT2D eigenvalue weighted by atomic mass is 15.3. The molecule has 0 atom stereocenters. The zero-order chi connectivity index (χ0) is 11.4. The number of aromatic nitrogens is 3. The van der Waals surface area contributed by atoms with Crippen molar-refractivity contribution in [3.63, 3.8) is 0 Å². The van der Waals surface area contributed by atoms with Gasteiger partial charge in [-0.3, -0.25) is 0 Å². The molecular weight excluding hydrogens is 200 g/mol. The SMILES string of the molecule is CCCn1c(CN)nnc1-c1ccccc1. The monoisotopic (exact) mass is 216 g/mol. The molecule has 4 heteroatoms. The van der Waals surface area contributed by atoms with Crippen LogP contribution in [0.2, 0.25) is 0 Å². The van der Waals surface area contributed by atoms with E-state index in [4.69, 9.17) is 5.73 Å². The molecule has 0 bridgehead atoms. The first-order valence-corrected chi connectivity index (χ1v) is 5.54. The fourth-order valence-corrected chi connectivity index (χ4v) is 1.75. The van der Waals surface area contributed by atoms with Crippen LogP contribution in [0.15, 0.2) is 30.3 Å². The lowest BCUT2D eigenvalue weighted by Crippen LogP contribution is -2.09. The summed E-state index contributed by atoms with van der Waals surface area (Å²) in [5, 5.41) is 8.33. The Labute approximate surface area is 95.1 Å². The summed E-state index contributed by atoms with van der Waals surface area (Å²) in [7, 11) is 0. The lowest BCUT2D eigenvalue weighted by molar-refractivity contribution is 0.644. The summed E-state index contributed by atoms with van der Waals surface area (Å²) in [6, 6.07) is 10.1. The predicted molar refractivity (Wildman–Crippen MR) is 63.6 cm³/mol. The van der Waals surface area contributed by atoms with E-state index in [-0.39, 0.29) is 0 Å². The first-order chi connectivity index (χ1) is 7.86. The maximum atomic E-state index is 5.65. The molecule has 0 fully saturated rings. The van der Waals surface area contributed by atoms with E-state index in [0.717, 1.165) is 30.2 Å². The van der Waals surface area contributed by atoms with Gasteiger partial charge in [-0.15, -0.1) is 10.2 Å². The van der Waals surface area contributed by atoms with Crippen molar-refractivity contribution < 1.29 is 0 Å². The van der Waals surface area contributed by atoms with Crippen molar-refractivity contribution >= 4 is 0 Å². The van der Waals surface area contributed by atoms with Crippen LogP contribution in [-0.4, -0.2) is 14.8 Å². The Bertz CT molecular complexity index is 447.